The molecule has 1 aliphatic heterocycles. The van der Waals surface area contributed by atoms with Crippen LogP contribution in [0.25, 0.3) is 10.2 Å². The molecule has 1 aliphatic rings. The Bertz CT molecular complexity index is 907. The fourth-order valence-electron chi connectivity index (χ4n) is 3.60. The molecule has 3 heterocycles. The normalized spacial score (nSPS) is 20.4. The number of carbonyl (C=O) groups is 2. The third-order valence-electron chi connectivity index (χ3n) is 4.65. The topological polar surface area (TPSA) is 92.4 Å². The SMILES string of the molecule is Cc1nc2sc(C(=O)OCC(=O)N3C[C@H](C)C[C@H](C)C3)c(C)c2c(=O)[nH]1. The van der Waals surface area contributed by atoms with Crippen molar-refractivity contribution in [1.29, 1.82) is 0 Å². The number of hydrogen-bond donors (Lipinski definition) is 1. The van der Waals surface area contributed by atoms with Crippen LogP contribution in [-0.4, -0.2) is 46.4 Å². The Hall–Kier alpha value is -2.22. The number of H-pyrrole nitrogens is 1. The molecule has 0 aliphatic carbocycles. The number of aromatic nitrogens is 2. The first-order valence-corrected chi connectivity index (χ1v) is 9.52. The number of nitrogens with one attached hydrogen (secondary N) is 1. The zero-order chi connectivity index (χ0) is 19.0. The zero-order valence-electron chi connectivity index (χ0n) is 15.4. The monoisotopic (exact) mass is 377 g/mol. The van der Waals surface area contributed by atoms with Gasteiger partial charge in [0.25, 0.3) is 11.5 Å². The van der Waals surface area contributed by atoms with Crippen LogP contribution in [0.15, 0.2) is 4.79 Å². The Morgan fingerprint density at radius 2 is 1.92 bits per heavy atom. The van der Waals surface area contributed by atoms with Crippen molar-refractivity contribution in [2.24, 2.45) is 11.8 Å². The number of ether oxygens (including phenoxy) is 1. The Balaban J connectivity index is 1.72. The first-order chi connectivity index (χ1) is 12.3. The molecule has 2 aromatic heterocycles. The number of fused-ring (bicyclic) bond motifs is 1. The van der Waals surface area contributed by atoms with Gasteiger partial charge in [-0.05, 0) is 37.7 Å². The second-order valence-corrected chi connectivity index (χ2v) is 8.21. The minimum Gasteiger partial charge on any atom is -0.451 e. The van der Waals surface area contributed by atoms with E-state index in [1.807, 2.05) is 0 Å². The summed E-state index contributed by atoms with van der Waals surface area (Å²) in [5, 5.41) is 0.401. The number of aryl methyl sites for hydroxylation is 2. The van der Waals surface area contributed by atoms with Crippen LogP contribution in [-0.2, 0) is 9.53 Å². The van der Waals surface area contributed by atoms with Crippen LogP contribution in [0, 0.1) is 25.7 Å². The summed E-state index contributed by atoms with van der Waals surface area (Å²) < 4.78 is 5.23. The summed E-state index contributed by atoms with van der Waals surface area (Å²) in [6, 6.07) is 0. The van der Waals surface area contributed by atoms with Gasteiger partial charge < -0.3 is 14.6 Å². The predicted molar refractivity (Wildman–Crippen MR) is 99.5 cm³/mol. The number of thiophene rings is 1. The maximum Gasteiger partial charge on any atom is 0.349 e. The highest BCUT2D eigenvalue weighted by molar-refractivity contribution is 7.20. The zero-order valence-corrected chi connectivity index (χ0v) is 16.2. The van der Waals surface area contributed by atoms with Gasteiger partial charge in [0.2, 0.25) is 0 Å². The molecule has 1 saturated heterocycles. The number of piperidine rings is 1. The second kappa shape index (κ2) is 7.19. The van der Waals surface area contributed by atoms with E-state index in [2.05, 4.69) is 23.8 Å². The van der Waals surface area contributed by atoms with Crippen molar-refractivity contribution < 1.29 is 14.3 Å². The molecule has 8 heteroatoms. The predicted octanol–water partition coefficient (Wildman–Crippen LogP) is 2.26. The van der Waals surface area contributed by atoms with Crippen LogP contribution in [0.3, 0.4) is 0 Å². The fourth-order valence-corrected chi connectivity index (χ4v) is 4.72. The third-order valence-corrected chi connectivity index (χ3v) is 5.82. The number of likely N-dealkylation sites (tertiary alicyclic amines) is 1. The van der Waals surface area contributed by atoms with E-state index in [-0.39, 0.29) is 18.1 Å². The van der Waals surface area contributed by atoms with Crippen LogP contribution < -0.4 is 5.56 Å². The minimum atomic E-state index is -0.589. The molecule has 1 N–H and O–H groups in total. The highest BCUT2D eigenvalue weighted by Crippen LogP contribution is 2.27. The standard InChI is InChI=1S/C18H23N3O4S/c1-9-5-10(2)7-21(6-9)13(22)8-25-18(24)15-11(3)14-16(23)19-12(4)20-17(14)26-15/h9-10H,5-8H2,1-4H3,(H,19,20,23)/t9-,10+. The molecule has 0 unspecified atom stereocenters. The fraction of sp³-hybridized carbons (Fsp3) is 0.556. The van der Waals surface area contributed by atoms with Gasteiger partial charge >= 0.3 is 5.97 Å². The summed E-state index contributed by atoms with van der Waals surface area (Å²) in [4.78, 5) is 46.4. The van der Waals surface area contributed by atoms with Crippen molar-refractivity contribution in [1.82, 2.24) is 14.9 Å². The quantitative estimate of drug-likeness (QED) is 0.829. The molecule has 26 heavy (non-hydrogen) atoms. The molecule has 1 fully saturated rings. The highest BCUT2D eigenvalue weighted by Gasteiger charge is 2.27. The average Bonchev–Trinajstić information content (AvgIpc) is 2.88. The summed E-state index contributed by atoms with van der Waals surface area (Å²) in [7, 11) is 0. The molecule has 1 amide bonds. The van der Waals surface area contributed by atoms with Crippen LogP contribution in [0.2, 0.25) is 0 Å². The first-order valence-electron chi connectivity index (χ1n) is 8.71. The molecular formula is C18H23N3O4S. The molecule has 0 radical (unpaired) electrons. The van der Waals surface area contributed by atoms with Crippen molar-refractivity contribution >= 4 is 33.4 Å². The van der Waals surface area contributed by atoms with Crippen LogP contribution in [0.1, 0.15) is 41.3 Å². The van der Waals surface area contributed by atoms with Gasteiger partial charge in [-0.2, -0.15) is 0 Å². The molecule has 2 atom stereocenters. The molecule has 0 aromatic carbocycles. The number of hydrogen-bond acceptors (Lipinski definition) is 6. The highest BCUT2D eigenvalue weighted by atomic mass is 32.1. The summed E-state index contributed by atoms with van der Waals surface area (Å²) in [5.41, 5.74) is 0.268. The molecular weight excluding hydrogens is 354 g/mol. The van der Waals surface area contributed by atoms with Gasteiger partial charge in [0.05, 0.1) is 5.39 Å². The lowest BCUT2D eigenvalue weighted by atomic mass is 9.92. The maximum absolute atomic E-state index is 12.4. The van der Waals surface area contributed by atoms with E-state index in [4.69, 9.17) is 4.74 Å². The molecule has 0 saturated carbocycles. The number of amides is 1. The summed E-state index contributed by atoms with van der Waals surface area (Å²) in [6.45, 7) is 8.73. The van der Waals surface area contributed by atoms with Gasteiger partial charge in [0, 0.05) is 13.1 Å². The van der Waals surface area contributed by atoms with Crippen molar-refractivity contribution in [3.63, 3.8) is 0 Å². The minimum absolute atomic E-state index is 0.178. The lowest BCUT2D eigenvalue weighted by Crippen LogP contribution is -2.44. The number of carbonyl (C=O) groups excluding carboxylic acids is 2. The summed E-state index contributed by atoms with van der Waals surface area (Å²) in [6.07, 6.45) is 1.10. The molecule has 2 aromatic rings. The van der Waals surface area contributed by atoms with Crippen molar-refractivity contribution in [2.75, 3.05) is 19.7 Å². The summed E-state index contributed by atoms with van der Waals surface area (Å²) >= 11 is 1.12. The first kappa shape index (κ1) is 18.6. The van der Waals surface area contributed by atoms with Gasteiger partial charge in [-0.3, -0.25) is 9.59 Å². The lowest BCUT2D eigenvalue weighted by molar-refractivity contribution is -0.137. The molecule has 0 spiro atoms. The Kier molecular flexibility index (Phi) is 5.13. The third kappa shape index (κ3) is 3.65. The molecule has 7 nitrogen and oxygen atoms in total. The van der Waals surface area contributed by atoms with Gasteiger partial charge in [-0.25, -0.2) is 9.78 Å². The van der Waals surface area contributed by atoms with Gasteiger partial charge in [-0.1, -0.05) is 13.8 Å². The van der Waals surface area contributed by atoms with E-state index in [0.29, 0.717) is 51.4 Å². The van der Waals surface area contributed by atoms with Crippen molar-refractivity contribution in [3.05, 3.63) is 26.6 Å². The van der Waals surface area contributed by atoms with Crippen LogP contribution >= 0.6 is 11.3 Å². The van der Waals surface area contributed by atoms with Crippen LogP contribution in [0.4, 0.5) is 0 Å². The molecule has 3 rings (SSSR count). The number of esters is 1. The van der Waals surface area contributed by atoms with Gasteiger partial charge in [-0.15, -0.1) is 11.3 Å². The van der Waals surface area contributed by atoms with E-state index in [1.54, 1.807) is 18.7 Å². The van der Waals surface area contributed by atoms with E-state index in [1.165, 1.54) is 0 Å². The molecule has 0 bridgehead atoms. The second-order valence-electron chi connectivity index (χ2n) is 7.21. The van der Waals surface area contributed by atoms with Crippen molar-refractivity contribution in [3.8, 4) is 0 Å². The van der Waals surface area contributed by atoms with Gasteiger partial charge in [0.1, 0.15) is 15.5 Å². The Labute approximate surface area is 155 Å². The average molecular weight is 377 g/mol. The van der Waals surface area contributed by atoms with Crippen LogP contribution in [0.5, 0.6) is 0 Å². The van der Waals surface area contributed by atoms with Gasteiger partial charge in [0.15, 0.2) is 6.61 Å². The lowest BCUT2D eigenvalue weighted by Gasteiger charge is -2.34. The number of aromatic amines is 1. The number of rotatable bonds is 3. The number of nitrogens with zero attached hydrogens (tertiary/aromatic N) is 2. The largest absolute Gasteiger partial charge is 0.451 e. The van der Waals surface area contributed by atoms with E-state index < -0.39 is 5.97 Å². The summed E-state index contributed by atoms with van der Waals surface area (Å²) in [5.74, 6) is 0.622. The van der Waals surface area contributed by atoms with E-state index in [9.17, 15) is 14.4 Å². The van der Waals surface area contributed by atoms with E-state index >= 15 is 0 Å². The van der Waals surface area contributed by atoms with E-state index in [0.717, 1.165) is 17.8 Å². The maximum atomic E-state index is 12.4. The Morgan fingerprint density at radius 1 is 1.27 bits per heavy atom. The van der Waals surface area contributed by atoms with Crippen molar-refractivity contribution in [2.45, 2.75) is 34.1 Å². The molecule has 140 valence electrons. The Morgan fingerprint density at radius 3 is 2.58 bits per heavy atom. The smallest absolute Gasteiger partial charge is 0.349 e.